The number of nitrogens with zero attached hydrogens (tertiary/aromatic N) is 3. The topological polar surface area (TPSA) is 68.8 Å². The standard InChI is InChI=1S/C26H18N2O2.C26H18N2/c29-28(30)26-9-5-4-8-24(26)21-12-15-25-22(18-21)16-17-27(25)23-13-10-20(11-14-23)19-6-2-1-3-7-19;1-2-6-18(7-3-1)19-10-12-20(13-11-19)28-17-16-23-25(28)15-14-22-21-8-4-5-9-24(21)27-26(22)23/h1-18H;1-17,27H. The van der Waals surface area contributed by atoms with Crippen LogP contribution in [0.2, 0.25) is 0 Å². The molecule has 6 nitrogen and oxygen atoms in total. The SMILES string of the molecule is O=[N+]([O-])c1ccccc1-c1ccc2c(ccn2-c2ccc(-c3ccccc3)cc2)c1.c1ccc(-c2ccc(-n3ccc4c5[nH]c6ccccc6c5ccc43)cc2)cc1. The second kappa shape index (κ2) is 14.6. The van der Waals surface area contributed by atoms with Gasteiger partial charge in [0.2, 0.25) is 0 Å². The fraction of sp³-hybridized carbons (Fsp3) is 0. The summed E-state index contributed by atoms with van der Waals surface area (Å²) in [5, 5.41) is 16.2. The van der Waals surface area contributed by atoms with Crippen LogP contribution < -0.4 is 0 Å². The highest BCUT2D eigenvalue weighted by atomic mass is 16.6. The fourth-order valence-corrected chi connectivity index (χ4v) is 8.06. The van der Waals surface area contributed by atoms with E-state index in [4.69, 9.17) is 0 Å². The quantitative estimate of drug-likeness (QED) is 0.136. The maximum atomic E-state index is 11.4. The summed E-state index contributed by atoms with van der Waals surface area (Å²) in [6.45, 7) is 0. The molecule has 0 fully saturated rings. The first-order valence-corrected chi connectivity index (χ1v) is 19.3. The fourth-order valence-electron chi connectivity index (χ4n) is 8.06. The zero-order valence-electron chi connectivity index (χ0n) is 31.4. The van der Waals surface area contributed by atoms with Crippen molar-refractivity contribution in [3.05, 3.63) is 223 Å². The van der Waals surface area contributed by atoms with Gasteiger partial charge in [0.1, 0.15) is 0 Å². The van der Waals surface area contributed by atoms with Crippen molar-refractivity contribution in [1.82, 2.24) is 14.1 Å². The minimum Gasteiger partial charge on any atom is -0.354 e. The lowest BCUT2D eigenvalue weighted by Gasteiger charge is -2.09. The Morgan fingerprint density at radius 2 is 0.966 bits per heavy atom. The van der Waals surface area contributed by atoms with Crippen LogP contribution in [0.1, 0.15) is 0 Å². The van der Waals surface area contributed by atoms with Crippen LogP contribution in [0.4, 0.5) is 5.69 Å². The van der Waals surface area contributed by atoms with Gasteiger partial charge in [-0.05, 0) is 94.5 Å². The highest BCUT2D eigenvalue weighted by molar-refractivity contribution is 6.16. The normalized spacial score (nSPS) is 11.2. The van der Waals surface area contributed by atoms with Crippen LogP contribution in [0.3, 0.4) is 0 Å². The summed E-state index contributed by atoms with van der Waals surface area (Å²) >= 11 is 0. The number of aromatic amines is 1. The highest BCUT2D eigenvalue weighted by Gasteiger charge is 2.16. The molecule has 0 amide bonds. The lowest BCUT2D eigenvalue weighted by molar-refractivity contribution is -0.384. The van der Waals surface area contributed by atoms with Gasteiger partial charge in [-0.25, -0.2) is 0 Å². The average molecular weight is 749 g/mol. The van der Waals surface area contributed by atoms with E-state index in [0.29, 0.717) is 5.56 Å². The predicted molar refractivity (Wildman–Crippen MR) is 239 cm³/mol. The molecule has 0 atom stereocenters. The Balaban J connectivity index is 0.000000141. The van der Waals surface area contributed by atoms with Crippen LogP contribution in [-0.2, 0) is 0 Å². The largest absolute Gasteiger partial charge is 0.354 e. The van der Waals surface area contributed by atoms with Crippen LogP contribution in [-0.4, -0.2) is 19.0 Å². The number of fused-ring (bicyclic) bond motifs is 6. The van der Waals surface area contributed by atoms with Crippen LogP contribution in [0.15, 0.2) is 213 Å². The predicted octanol–water partition coefficient (Wildman–Crippen LogP) is 13.8. The summed E-state index contributed by atoms with van der Waals surface area (Å²) in [5.41, 5.74) is 13.3. The number of nitro groups is 1. The number of benzene rings is 8. The number of nitro benzene ring substituents is 1. The molecule has 11 aromatic rings. The number of nitrogens with one attached hydrogen (secondary N) is 1. The summed E-state index contributed by atoms with van der Waals surface area (Å²) in [6.07, 6.45) is 4.19. The number of aromatic nitrogens is 3. The second-order valence-corrected chi connectivity index (χ2v) is 14.3. The van der Waals surface area contributed by atoms with Gasteiger partial charge in [0.05, 0.1) is 27.0 Å². The minimum absolute atomic E-state index is 0.118. The molecule has 3 aromatic heterocycles. The van der Waals surface area contributed by atoms with E-state index in [1.165, 1.54) is 60.6 Å². The van der Waals surface area contributed by atoms with E-state index in [0.717, 1.165) is 22.2 Å². The Kier molecular flexibility index (Phi) is 8.69. The first-order chi connectivity index (χ1) is 28.6. The van der Waals surface area contributed by atoms with Gasteiger partial charge >= 0.3 is 0 Å². The first kappa shape index (κ1) is 34.5. The van der Waals surface area contributed by atoms with Gasteiger partial charge in [-0.2, -0.15) is 0 Å². The second-order valence-electron chi connectivity index (χ2n) is 14.3. The molecule has 8 aromatic carbocycles. The molecule has 0 aliphatic carbocycles. The van der Waals surface area contributed by atoms with E-state index in [9.17, 15) is 10.1 Å². The Morgan fingerprint density at radius 1 is 0.431 bits per heavy atom. The molecular formula is C52H36N4O2. The van der Waals surface area contributed by atoms with Crippen molar-refractivity contribution in [3.63, 3.8) is 0 Å². The number of hydrogen-bond acceptors (Lipinski definition) is 2. The Labute approximate surface area is 334 Å². The summed E-state index contributed by atoms with van der Waals surface area (Å²) in [4.78, 5) is 14.6. The Bertz CT molecular complexity index is 3230. The van der Waals surface area contributed by atoms with Crippen molar-refractivity contribution < 1.29 is 4.92 Å². The molecule has 3 heterocycles. The van der Waals surface area contributed by atoms with Crippen molar-refractivity contribution in [2.24, 2.45) is 0 Å². The third-order valence-electron chi connectivity index (χ3n) is 11.0. The smallest absolute Gasteiger partial charge is 0.277 e. The summed E-state index contributed by atoms with van der Waals surface area (Å²) in [6, 6.07) is 68.0. The van der Waals surface area contributed by atoms with Gasteiger partial charge in [0.15, 0.2) is 0 Å². The van der Waals surface area contributed by atoms with E-state index >= 15 is 0 Å². The molecule has 276 valence electrons. The molecule has 0 aliphatic rings. The number of hydrogen-bond donors (Lipinski definition) is 1. The van der Waals surface area contributed by atoms with E-state index in [1.807, 2.05) is 54.7 Å². The van der Waals surface area contributed by atoms with Gasteiger partial charge in [-0.3, -0.25) is 10.1 Å². The molecule has 58 heavy (non-hydrogen) atoms. The third-order valence-corrected chi connectivity index (χ3v) is 11.0. The van der Waals surface area contributed by atoms with Crippen LogP contribution >= 0.6 is 0 Å². The summed E-state index contributed by atoms with van der Waals surface area (Å²) < 4.78 is 4.39. The van der Waals surface area contributed by atoms with E-state index < -0.39 is 0 Å². The zero-order chi connectivity index (χ0) is 39.0. The van der Waals surface area contributed by atoms with Crippen molar-refractivity contribution in [2.45, 2.75) is 0 Å². The minimum atomic E-state index is -0.334. The summed E-state index contributed by atoms with van der Waals surface area (Å²) in [5.74, 6) is 0. The zero-order valence-corrected chi connectivity index (χ0v) is 31.4. The number of rotatable bonds is 6. The molecule has 0 bridgehead atoms. The first-order valence-electron chi connectivity index (χ1n) is 19.3. The molecule has 0 radical (unpaired) electrons. The molecule has 0 aliphatic heterocycles. The van der Waals surface area contributed by atoms with Gasteiger partial charge in [-0.15, -0.1) is 0 Å². The van der Waals surface area contributed by atoms with E-state index in [-0.39, 0.29) is 10.6 Å². The van der Waals surface area contributed by atoms with Gasteiger partial charge in [-0.1, -0.05) is 127 Å². The Hall–Kier alpha value is -7.96. The molecular weight excluding hydrogens is 713 g/mol. The average Bonchev–Trinajstić information content (AvgIpc) is 4.03. The molecule has 6 heteroatoms. The molecule has 0 saturated heterocycles. The Morgan fingerprint density at radius 3 is 1.64 bits per heavy atom. The maximum absolute atomic E-state index is 11.4. The van der Waals surface area contributed by atoms with Crippen LogP contribution in [0.25, 0.3) is 88.4 Å². The lowest BCUT2D eigenvalue weighted by atomic mass is 10.0. The van der Waals surface area contributed by atoms with Gasteiger partial charge < -0.3 is 14.1 Å². The van der Waals surface area contributed by atoms with Crippen molar-refractivity contribution in [2.75, 3.05) is 0 Å². The van der Waals surface area contributed by atoms with Crippen LogP contribution in [0, 0.1) is 10.1 Å². The van der Waals surface area contributed by atoms with Crippen molar-refractivity contribution in [1.29, 1.82) is 0 Å². The van der Waals surface area contributed by atoms with Gasteiger partial charge in [0, 0.05) is 56.9 Å². The van der Waals surface area contributed by atoms with Gasteiger partial charge in [0.25, 0.3) is 5.69 Å². The van der Waals surface area contributed by atoms with Crippen molar-refractivity contribution in [3.8, 4) is 44.8 Å². The molecule has 11 rings (SSSR count). The lowest BCUT2D eigenvalue weighted by Crippen LogP contribution is -1.93. The maximum Gasteiger partial charge on any atom is 0.277 e. The monoisotopic (exact) mass is 748 g/mol. The van der Waals surface area contributed by atoms with Crippen molar-refractivity contribution >= 4 is 49.3 Å². The van der Waals surface area contributed by atoms with Crippen LogP contribution in [0.5, 0.6) is 0 Å². The highest BCUT2D eigenvalue weighted by Crippen LogP contribution is 2.35. The van der Waals surface area contributed by atoms with E-state index in [2.05, 4.69) is 154 Å². The molecule has 0 unspecified atom stereocenters. The number of H-pyrrole nitrogens is 1. The molecule has 0 spiro atoms. The molecule has 0 saturated carbocycles. The van der Waals surface area contributed by atoms with E-state index in [1.54, 1.807) is 18.2 Å². The number of para-hydroxylation sites is 2. The summed E-state index contributed by atoms with van der Waals surface area (Å²) in [7, 11) is 0. The third kappa shape index (κ3) is 6.29. The molecule has 1 N–H and O–H groups in total.